The van der Waals surface area contributed by atoms with Crippen LogP contribution in [0, 0.1) is 18.3 Å². The number of hydrogen-bond acceptors (Lipinski definition) is 7. The molecule has 12 heteroatoms. The third-order valence-corrected chi connectivity index (χ3v) is 5.40. The van der Waals surface area contributed by atoms with E-state index in [4.69, 9.17) is 0 Å². The minimum Gasteiger partial charge on any atom is -0.310 e. The van der Waals surface area contributed by atoms with Crippen LogP contribution in [0.2, 0.25) is 0 Å². The topological polar surface area (TPSA) is 126 Å². The molecule has 0 amide bonds. The van der Waals surface area contributed by atoms with Crippen LogP contribution in [-0.2, 0) is 12.7 Å². The maximum Gasteiger partial charge on any atom is 0.433 e. The van der Waals surface area contributed by atoms with Crippen molar-refractivity contribution in [3.8, 4) is 6.07 Å². The number of nitrogens with one attached hydrogen (secondary N) is 1. The molecule has 34 heavy (non-hydrogen) atoms. The molecule has 0 saturated heterocycles. The van der Waals surface area contributed by atoms with Gasteiger partial charge < -0.3 is 4.98 Å². The molecule has 1 aliphatic carbocycles. The van der Waals surface area contributed by atoms with Gasteiger partial charge in [-0.1, -0.05) is 12.5 Å². The summed E-state index contributed by atoms with van der Waals surface area (Å²) in [4.78, 5) is 30.6. The van der Waals surface area contributed by atoms with Crippen molar-refractivity contribution in [3.63, 3.8) is 0 Å². The van der Waals surface area contributed by atoms with E-state index < -0.39 is 17.4 Å². The fourth-order valence-corrected chi connectivity index (χ4v) is 3.38. The molecule has 4 aromatic heterocycles. The summed E-state index contributed by atoms with van der Waals surface area (Å²) in [5, 5.41) is 13.4. The van der Waals surface area contributed by atoms with Crippen molar-refractivity contribution in [1.82, 2.24) is 34.7 Å². The van der Waals surface area contributed by atoms with E-state index in [1.165, 1.54) is 17.1 Å². The number of nitrogens with zero attached hydrogens (tertiary/aromatic N) is 7. The largest absolute Gasteiger partial charge is 0.433 e. The molecule has 0 radical (unpaired) electrons. The molecule has 0 atom stereocenters. The molecular weight excluding hydrogens is 449 g/mol. The zero-order valence-corrected chi connectivity index (χ0v) is 18.0. The lowest BCUT2D eigenvalue weighted by atomic mass is 9.85. The van der Waals surface area contributed by atoms with E-state index in [-0.39, 0.29) is 29.2 Å². The maximum atomic E-state index is 12.6. The predicted octanol–water partition coefficient (Wildman–Crippen LogP) is 3.51. The van der Waals surface area contributed by atoms with E-state index >= 15 is 0 Å². The Kier molecular flexibility index (Phi) is 6.36. The van der Waals surface area contributed by atoms with Gasteiger partial charge in [0.25, 0.3) is 5.56 Å². The van der Waals surface area contributed by atoms with E-state index in [0.717, 1.165) is 37.2 Å². The van der Waals surface area contributed by atoms with Crippen molar-refractivity contribution < 1.29 is 13.2 Å². The van der Waals surface area contributed by atoms with Crippen LogP contribution < -0.4 is 5.56 Å². The summed E-state index contributed by atoms with van der Waals surface area (Å²) in [7, 11) is 0. The lowest BCUT2D eigenvalue weighted by molar-refractivity contribution is -0.141. The van der Waals surface area contributed by atoms with Gasteiger partial charge >= 0.3 is 6.18 Å². The molecular formula is C22H19F3N8O. The number of aromatic amines is 1. The number of halogens is 3. The van der Waals surface area contributed by atoms with Gasteiger partial charge in [-0.2, -0.15) is 23.5 Å². The summed E-state index contributed by atoms with van der Waals surface area (Å²) < 4.78 is 39.3. The molecule has 1 saturated carbocycles. The Labute approximate surface area is 191 Å². The number of hydrogen-bond donors (Lipinski definition) is 1. The first-order chi connectivity index (χ1) is 16.3. The molecule has 0 bridgehead atoms. The summed E-state index contributed by atoms with van der Waals surface area (Å²) in [6.07, 6.45) is 2.76. The van der Waals surface area contributed by atoms with Crippen LogP contribution in [0.4, 0.5) is 13.2 Å². The lowest BCUT2D eigenvalue weighted by Crippen LogP contribution is -2.19. The molecule has 0 aromatic carbocycles. The predicted molar refractivity (Wildman–Crippen MR) is 115 cm³/mol. The Bertz CT molecular complexity index is 1380. The molecule has 1 aliphatic rings. The molecule has 0 spiro atoms. The second-order valence-corrected chi connectivity index (χ2v) is 7.80. The number of rotatable bonds is 3. The highest BCUT2D eigenvalue weighted by molar-refractivity contribution is 5.80. The van der Waals surface area contributed by atoms with Crippen LogP contribution in [0.1, 0.15) is 53.7 Å². The Morgan fingerprint density at radius 1 is 1.24 bits per heavy atom. The number of aromatic nitrogens is 7. The minimum absolute atomic E-state index is 0.0455. The van der Waals surface area contributed by atoms with Crippen molar-refractivity contribution in [2.75, 3.05) is 0 Å². The van der Waals surface area contributed by atoms with E-state index in [1.807, 2.05) is 19.1 Å². The van der Waals surface area contributed by atoms with E-state index in [0.29, 0.717) is 11.4 Å². The zero-order chi connectivity index (χ0) is 24.3. The number of H-pyrrole nitrogens is 1. The normalized spacial score (nSPS) is 13.6. The number of pyridine rings is 1. The minimum atomic E-state index is -4.52. The van der Waals surface area contributed by atoms with Crippen LogP contribution in [0.25, 0.3) is 11.0 Å². The number of aryl methyl sites for hydroxylation is 1. The highest BCUT2D eigenvalue weighted by atomic mass is 19.4. The van der Waals surface area contributed by atoms with Crippen molar-refractivity contribution >= 4 is 11.0 Å². The van der Waals surface area contributed by atoms with Gasteiger partial charge in [0.15, 0.2) is 11.3 Å². The first-order valence-corrected chi connectivity index (χ1v) is 10.4. The van der Waals surface area contributed by atoms with Crippen molar-refractivity contribution in [1.29, 1.82) is 5.26 Å². The van der Waals surface area contributed by atoms with Crippen LogP contribution in [-0.4, -0.2) is 34.7 Å². The fraction of sp³-hybridized carbons (Fsp3) is 0.318. The molecule has 4 heterocycles. The first kappa shape index (κ1) is 23.0. The molecule has 1 fully saturated rings. The average Bonchev–Trinajstić information content (AvgIpc) is 3.11. The lowest BCUT2D eigenvalue weighted by Gasteiger charge is -2.23. The summed E-state index contributed by atoms with van der Waals surface area (Å²) in [5.74, 6) is 0.721. The van der Waals surface area contributed by atoms with Gasteiger partial charge in [-0.25, -0.2) is 19.6 Å². The summed E-state index contributed by atoms with van der Waals surface area (Å²) in [5.41, 5.74) is 0.210. The van der Waals surface area contributed by atoms with Crippen molar-refractivity contribution in [2.24, 2.45) is 0 Å². The van der Waals surface area contributed by atoms with E-state index in [1.54, 1.807) is 6.20 Å². The first-order valence-electron chi connectivity index (χ1n) is 10.4. The Hall–Kier alpha value is -4.14. The number of fused-ring (bicyclic) bond motifs is 1. The smallest absolute Gasteiger partial charge is 0.310 e. The van der Waals surface area contributed by atoms with Crippen LogP contribution in [0.5, 0.6) is 0 Å². The number of alkyl halides is 3. The zero-order valence-electron chi connectivity index (χ0n) is 18.0. The standard InChI is InChI=1S/C17H13F3N6O.C5H6N2/c18-17(19,20)12-5-4-9(7-22-12)8-26-15-13(11(6-21)25-26)16(27)24-14(23-15)10-2-1-3-10;1-5-2-3-6-4-7-5/h4-5,7,10H,1-3,8H2,(H,23,24,27);2-4H,1H3. The third kappa shape index (κ3) is 4.93. The second-order valence-electron chi connectivity index (χ2n) is 7.80. The molecule has 9 nitrogen and oxygen atoms in total. The molecule has 4 aromatic rings. The highest BCUT2D eigenvalue weighted by Crippen LogP contribution is 2.34. The quantitative estimate of drug-likeness (QED) is 0.488. The Morgan fingerprint density at radius 2 is 2.03 bits per heavy atom. The van der Waals surface area contributed by atoms with Gasteiger partial charge in [0, 0.05) is 24.0 Å². The van der Waals surface area contributed by atoms with Gasteiger partial charge in [-0.15, -0.1) is 0 Å². The highest BCUT2D eigenvalue weighted by Gasteiger charge is 2.32. The molecule has 1 N–H and O–H groups in total. The Morgan fingerprint density at radius 3 is 2.53 bits per heavy atom. The monoisotopic (exact) mass is 468 g/mol. The van der Waals surface area contributed by atoms with Gasteiger partial charge in [0.1, 0.15) is 29.3 Å². The molecule has 5 rings (SSSR count). The fourth-order valence-electron chi connectivity index (χ4n) is 3.38. The van der Waals surface area contributed by atoms with Crippen molar-refractivity contribution in [2.45, 2.75) is 44.8 Å². The van der Waals surface area contributed by atoms with Crippen LogP contribution >= 0.6 is 0 Å². The molecule has 0 unspecified atom stereocenters. The molecule has 0 aliphatic heterocycles. The van der Waals surface area contributed by atoms with Crippen LogP contribution in [0.15, 0.2) is 41.7 Å². The van der Waals surface area contributed by atoms with E-state index in [9.17, 15) is 23.2 Å². The molecule has 174 valence electrons. The summed E-state index contributed by atoms with van der Waals surface area (Å²) >= 11 is 0. The Balaban J connectivity index is 0.000000336. The second kappa shape index (κ2) is 9.38. The SMILES string of the molecule is Cc1ccncn1.N#Cc1nn(Cc2ccc(C(F)(F)F)nc2)c2nc(C3CCC3)[nH]c(=O)c12. The van der Waals surface area contributed by atoms with Crippen LogP contribution in [0.3, 0.4) is 0 Å². The average molecular weight is 468 g/mol. The maximum absolute atomic E-state index is 12.6. The number of nitriles is 1. The summed E-state index contributed by atoms with van der Waals surface area (Å²) in [6, 6.07) is 5.90. The van der Waals surface area contributed by atoms with E-state index in [2.05, 4.69) is 30.0 Å². The van der Waals surface area contributed by atoms with Gasteiger partial charge in [0.2, 0.25) is 0 Å². The van der Waals surface area contributed by atoms with Gasteiger partial charge in [-0.05, 0) is 37.5 Å². The third-order valence-electron chi connectivity index (χ3n) is 5.40. The van der Waals surface area contributed by atoms with Gasteiger partial charge in [0.05, 0.1) is 6.54 Å². The van der Waals surface area contributed by atoms with Gasteiger partial charge in [-0.3, -0.25) is 9.78 Å². The van der Waals surface area contributed by atoms with Crippen molar-refractivity contribution in [3.05, 3.63) is 75.7 Å². The summed E-state index contributed by atoms with van der Waals surface area (Å²) in [6.45, 7) is 1.98.